The van der Waals surface area contributed by atoms with E-state index < -0.39 is 22.9 Å². The Morgan fingerprint density at radius 2 is 1.97 bits per heavy atom. The van der Waals surface area contributed by atoms with Crippen LogP contribution >= 0.6 is 23.5 Å². The molecule has 158 valence electrons. The van der Waals surface area contributed by atoms with Crippen LogP contribution in [0.5, 0.6) is 0 Å². The molecule has 1 aromatic carbocycles. The first kappa shape index (κ1) is 23.3. The molecule has 0 aliphatic carbocycles. The fourth-order valence-corrected chi connectivity index (χ4v) is 3.96. The van der Waals surface area contributed by atoms with Crippen LogP contribution in [0.15, 0.2) is 40.3 Å². The third kappa shape index (κ3) is 7.11. The molecule has 0 fully saturated rings. The lowest BCUT2D eigenvalue weighted by atomic mass is 10.1. The molecular weight excluding hydrogens is 423 g/mol. The number of thioether (sulfide) groups is 2. The maximum atomic E-state index is 13.1. The van der Waals surface area contributed by atoms with Crippen LogP contribution in [0.1, 0.15) is 38.4 Å². The number of carbonyl (C=O) groups is 1. The third-order valence-electron chi connectivity index (χ3n) is 3.74. The first-order chi connectivity index (χ1) is 13.6. The number of aromatic nitrogens is 2. The summed E-state index contributed by atoms with van der Waals surface area (Å²) in [5.74, 6) is -0.0318. The lowest BCUT2D eigenvalue weighted by molar-refractivity contribution is -0.137. The summed E-state index contributed by atoms with van der Waals surface area (Å²) in [6.07, 6.45) is -4.23. The number of hydrogen-bond donors (Lipinski definition) is 2. The van der Waals surface area contributed by atoms with Gasteiger partial charge < -0.3 is 10.3 Å². The largest absolute Gasteiger partial charge is 0.418 e. The van der Waals surface area contributed by atoms with Gasteiger partial charge in [0.05, 0.1) is 22.2 Å². The van der Waals surface area contributed by atoms with Crippen LogP contribution in [0, 0.1) is 0 Å². The van der Waals surface area contributed by atoms with Crippen LogP contribution in [0.2, 0.25) is 0 Å². The van der Waals surface area contributed by atoms with Gasteiger partial charge in [-0.15, -0.1) is 0 Å². The number of H-pyrrole nitrogens is 1. The summed E-state index contributed by atoms with van der Waals surface area (Å²) in [5.41, 5.74) is -0.952. The number of nitrogens with one attached hydrogen (secondary N) is 2. The zero-order valence-corrected chi connectivity index (χ0v) is 17.8. The smallest absolute Gasteiger partial charge is 0.325 e. The molecule has 0 aliphatic heterocycles. The predicted octanol–water partition coefficient (Wildman–Crippen LogP) is 4.94. The normalized spacial score (nSPS) is 12.8. The van der Waals surface area contributed by atoms with Gasteiger partial charge in [-0.3, -0.25) is 9.59 Å². The second-order valence-electron chi connectivity index (χ2n) is 6.45. The van der Waals surface area contributed by atoms with Crippen LogP contribution in [0.25, 0.3) is 0 Å². The van der Waals surface area contributed by atoms with Crippen LogP contribution < -0.4 is 10.9 Å². The Balaban J connectivity index is 2.16. The van der Waals surface area contributed by atoms with Crippen molar-refractivity contribution in [3.8, 4) is 0 Å². The van der Waals surface area contributed by atoms with E-state index in [1.807, 2.05) is 13.8 Å². The molecule has 2 rings (SSSR count). The van der Waals surface area contributed by atoms with E-state index in [2.05, 4.69) is 15.3 Å². The zero-order chi connectivity index (χ0) is 21.6. The fraction of sp³-hybridized carbons (Fsp3) is 0.421. The molecule has 0 bridgehead atoms. The lowest BCUT2D eigenvalue weighted by Crippen LogP contribution is -2.26. The standard InChI is InChI=1S/C19H22F3N3O2S2/c1-4-15(17(27)24-14-8-6-5-7-13(14)19(20,21)22)29-18-23-12(9-16(26)25-18)10-28-11(2)3/h5-9,11,15H,4,10H2,1-3H3,(H,24,27)(H,23,25,26). The number of anilines is 1. The number of rotatable bonds is 8. The molecule has 1 aromatic heterocycles. The third-order valence-corrected chi connectivity index (χ3v) is 6.12. The number of benzene rings is 1. The van der Waals surface area contributed by atoms with Crippen molar-refractivity contribution in [3.05, 3.63) is 51.9 Å². The van der Waals surface area contributed by atoms with Crippen molar-refractivity contribution in [2.45, 2.75) is 54.8 Å². The molecule has 1 heterocycles. The number of aromatic amines is 1. The average Bonchev–Trinajstić information content (AvgIpc) is 2.63. The number of amides is 1. The summed E-state index contributed by atoms with van der Waals surface area (Å²) in [6, 6.07) is 6.22. The van der Waals surface area contributed by atoms with E-state index in [9.17, 15) is 22.8 Å². The SMILES string of the molecule is CCC(Sc1nc(CSC(C)C)cc(=O)[nH]1)C(=O)Nc1ccccc1C(F)(F)F. The molecule has 0 saturated heterocycles. The Kier molecular flexibility index (Phi) is 8.21. The van der Waals surface area contributed by atoms with E-state index in [1.165, 1.54) is 24.3 Å². The van der Waals surface area contributed by atoms with E-state index in [1.54, 1.807) is 18.7 Å². The van der Waals surface area contributed by atoms with Crippen LogP contribution in [0.3, 0.4) is 0 Å². The fourth-order valence-electron chi connectivity index (χ4n) is 2.37. The summed E-state index contributed by atoms with van der Waals surface area (Å²) < 4.78 is 39.4. The number of halogens is 3. The van der Waals surface area contributed by atoms with Crippen molar-refractivity contribution < 1.29 is 18.0 Å². The molecule has 1 amide bonds. The predicted molar refractivity (Wildman–Crippen MR) is 111 cm³/mol. The van der Waals surface area contributed by atoms with Gasteiger partial charge in [0.1, 0.15) is 0 Å². The van der Waals surface area contributed by atoms with Crippen molar-refractivity contribution in [1.29, 1.82) is 0 Å². The lowest BCUT2D eigenvalue weighted by Gasteiger charge is -2.17. The van der Waals surface area contributed by atoms with Gasteiger partial charge in [0.2, 0.25) is 5.91 Å². The van der Waals surface area contributed by atoms with Crippen molar-refractivity contribution in [3.63, 3.8) is 0 Å². The molecule has 0 aliphatic rings. The summed E-state index contributed by atoms with van der Waals surface area (Å²) >= 11 is 2.65. The minimum absolute atomic E-state index is 0.267. The summed E-state index contributed by atoms with van der Waals surface area (Å²) in [6.45, 7) is 5.80. The molecule has 1 unspecified atom stereocenters. The van der Waals surface area contributed by atoms with E-state index in [4.69, 9.17) is 0 Å². The van der Waals surface area contributed by atoms with Crippen LogP contribution in [0.4, 0.5) is 18.9 Å². The number of hydrogen-bond acceptors (Lipinski definition) is 5. The maximum Gasteiger partial charge on any atom is 0.418 e. The maximum absolute atomic E-state index is 13.1. The Labute approximate surface area is 175 Å². The second-order valence-corrected chi connectivity index (χ2v) is 9.21. The Morgan fingerprint density at radius 3 is 2.59 bits per heavy atom. The van der Waals surface area contributed by atoms with Crippen molar-refractivity contribution in [2.24, 2.45) is 0 Å². The van der Waals surface area contributed by atoms with E-state index >= 15 is 0 Å². The number of nitrogens with zero attached hydrogens (tertiary/aromatic N) is 1. The van der Waals surface area contributed by atoms with Gasteiger partial charge in [-0.2, -0.15) is 24.9 Å². The summed E-state index contributed by atoms with van der Waals surface area (Å²) in [5, 5.41) is 2.28. The Morgan fingerprint density at radius 1 is 1.28 bits per heavy atom. The molecule has 2 aromatic rings. The minimum Gasteiger partial charge on any atom is -0.325 e. The first-order valence-corrected chi connectivity index (χ1v) is 10.9. The van der Waals surface area contributed by atoms with Crippen LogP contribution in [-0.4, -0.2) is 26.4 Å². The quantitative estimate of drug-likeness (QED) is 0.445. The van der Waals surface area contributed by atoms with Gasteiger partial charge in [0, 0.05) is 11.8 Å². The minimum atomic E-state index is -4.58. The van der Waals surface area contributed by atoms with Gasteiger partial charge in [-0.25, -0.2) is 4.98 Å². The first-order valence-electron chi connectivity index (χ1n) is 8.95. The Bertz CT molecular complexity index is 901. The topological polar surface area (TPSA) is 74.8 Å². The molecule has 0 radical (unpaired) electrons. The highest BCUT2D eigenvalue weighted by atomic mass is 32.2. The molecule has 0 spiro atoms. The summed E-state index contributed by atoms with van der Waals surface area (Å²) in [7, 11) is 0. The Hall–Kier alpha value is -1.94. The van der Waals surface area contributed by atoms with Gasteiger partial charge in [0.15, 0.2) is 5.16 Å². The molecule has 2 N–H and O–H groups in total. The highest BCUT2D eigenvalue weighted by Gasteiger charge is 2.34. The molecule has 0 saturated carbocycles. The van der Waals surface area contributed by atoms with E-state index in [-0.39, 0.29) is 16.4 Å². The van der Waals surface area contributed by atoms with Gasteiger partial charge in [0.25, 0.3) is 5.56 Å². The number of para-hydroxylation sites is 1. The van der Waals surface area contributed by atoms with Crippen molar-refractivity contribution in [1.82, 2.24) is 9.97 Å². The van der Waals surface area contributed by atoms with Gasteiger partial charge in [-0.1, -0.05) is 44.7 Å². The zero-order valence-electron chi connectivity index (χ0n) is 16.2. The highest BCUT2D eigenvalue weighted by molar-refractivity contribution is 8.00. The van der Waals surface area contributed by atoms with E-state index in [0.29, 0.717) is 23.1 Å². The highest BCUT2D eigenvalue weighted by Crippen LogP contribution is 2.35. The average molecular weight is 446 g/mol. The van der Waals surface area contributed by atoms with Crippen LogP contribution in [-0.2, 0) is 16.7 Å². The van der Waals surface area contributed by atoms with Crippen molar-refractivity contribution >= 4 is 35.1 Å². The number of carbonyl (C=O) groups excluding carboxylic acids is 1. The molecular formula is C19H22F3N3O2S2. The summed E-state index contributed by atoms with van der Waals surface area (Å²) in [4.78, 5) is 31.4. The van der Waals surface area contributed by atoms with E-state index in [0.717, 1.165) is 17.8 Å². The van der Waals surface area contributed by atoms with Gasteiger partial charge >= 0.3 is 6.18 Å². The molecule has 1 atom stereocenters. The molecule has 29 heavy (non-hydrogen) atoms. The second kappa shape index (κ2) is 10.2. The van der Waals surface area contributed by atoms with Gasteiger partial charge in [-0.05, 0) is 23.8 Å². The molecule has 10 heteroatoms. The number of alkyl halides is 3. The monoisotopic (exact) mass is 445 g/mol. The van der Waals surface area contributed by atoms with Crippen molar-refractivity contribution in [2.75, 3.05) is 5.32 Å². The molecule has 5 nitrogen and oxygen atoms in total.